The summed E-state index contributed by atoms with van der Waals surface area (Å²) < 4.78 is 15.3. The van der Waals surface area contributed by atoms with E-state index in [0.717, 1.165) is 22.3 Å². The number of rotatable bonds is 6. The van der Waals surface area contributed by atoms with Crippen LogP contribution in [0.1, 0.15) is 5.56 Å². The summed E-state index contributed by atoms with van der Waals surface area (Å²) in [5.41, 5.74) is 6.37. The number of nitrogens with one attached hydrogen (secondary N) is 3. The minimum absolute atomic E-state index is 0.186. The summed E-state index contributed by atoms with van der Waals surface area (Å²) in [7, 11) is 0. The van der Waals surface area contributed by atoms with Gasteiger partial charge in [0.2, 0.25) is 5.91 Å². The number of hydrogen-bond donors (Lipinski definition) is 3. The topological polar surface area (TPSA) is 125 Å². The largest absolute Gasteiger partial charge is 0.336 e. The van der Waals surface area contributed by atoms with Crippen molar-refractivity contribution in [2.45, 2.75) is 6.42 Å². The van der Waals surface area contributed by atoms with E-state index >= 15 is 4.39 Å². The lowest BCUT2D eigenvalue weighted by molar-refractivity contribution is -0.115. The van der Waals surface area contributed by atoms with E-state index in [1.807, 2.05) is 48.5 Å². The van der Waals surface area contributed by atoms with Crippen LogP contribution in [0.2, 0.25) is 0 Å². The number of pyridine rings is 3. The Bertz CT molecular complexity index is 2040. The lowest BCUT2D eigenvalue weighted by atomic mass is 10.0. The second kappa shape index (κ2) is 10.1. The third-order valence-electron chi connectivity index (χ3n) is 6.77. The van der Waals surface area contributed by atoms with Gasteiger partial charge in [0.15, 0.2) is 5.82 Å². The first kappa shape index (κ1) is 24.3. The van der Waals surface area contributed by atoms with Crippen LogP contribution in [0, 0.1) is 5.82 Å². The van der Waals surface area contributed by atoms with Crippen molar-refractivity contribution in [1.29, 1.82) is 0 Å². The molecule has 0 fully saturated rings. The molecule has 0 aliphatic carbocycles. The van der Waals surface area contributed by atoms with Gasteiger partial charge in [0.1, 0.15) is 17.0 Å². The maximum Gasteiger partial charge on any atom is 0.228 e. The number of H-pyrrole nitrogens is 2. The Labute approximate surface area is 232 Å². The maximum atomic E-state index is 15.3. The molecule has 0 aliphatic heterocycles. The van der Waals surface area contributed by atoms with E-state index < -0.39 is 5.82 Å². The number of carbonyl (C=O) groups excluding carboxylic acids is 1. The fraction of sp³-hybridized carbons (Fsp3) is 0.0323. The number of anilines is 1. The monoisotopic (exact) mass is 540 g/mol. The van der Waals surface area contributed by atoms with Crippen LogP contribution in [0.15, 0.2) is 97.7 Å². The lowest BCUT2D eigenvalue weighted by Crippen LogP contribution is -2.14. The number of carbonyl (C=O) groups is 1. The van der Waals surface area contributed by atoms with Gasteiger partial charge in [-0.2, -0.15) is 5.10 Å². The van der Waals surface area contributed by atoms with E-state index in [0.29, 0.717) is 44.8 Å². The normalized spacial score (nSPS) is 11.2. The van der Waals surface area contributed by atoms with E-state index in [1.54, 1.807) is 36.9 Å². The maximum absolute atomic E-state index is 15.3. The molecule has 0 saturated carbocycles. The summed E-state index contributed by atoms with van der Waals surface area (Å²) in [6.07, 6.45) is 8.45. The Kier molecular flexibility index (Phi) is 5.97. The molecule has 7 rings (SSSR count). The number of amides is 1. The van der Waals surface area contributed by atoms with Gasteiger partial charge in [-0.3, -0.25) is 24.8 Å². The Balaban J connectivity index is 1.24. The number of aromatic amines is 2. The van der Waals surface area contributed by atoms with Crippen molar-refractivity contribution >= 4 is 33.5 Å². The van der Waals surface area contributed by atoms with E-state index in [2.05, 4.69) is 35.5 Å². The molecule has 41 heavy (non-hydrogen) atoms. The van der Waals surface area contributed by atoms with Gasteiger partial charge < -0.3 is 10.3 Å². The van der Waals surface area contributed by atoms with E-state index in [4.69, 9.17) is 4.98 Å². The van der Waals surface area contributed by atoms with Gasteiger partial charge in [-0.1, -0.05) is 30.3 Å². The molecule has 5 heterocycles. The highest BCUT2D eigenvalue weighted by molar-refractivity contribution is 5.98. The van der Waals surface area contributed by atoms with Gasteiger partial charge >= 0.3 is 0 Å². The third-order valence-corrected chi connectivity index (χ3v) is 6.77. The number of hydrogen-bond acceptors (Lipinski definition) is 6. The first-order valence-electron chi connectivity index (χ1n) is 12.8. The first-order chi connectivity index (χ1) is 20.1. The van der Waals surface area contributed by atoms with Gasteiger partial charge in [-0.25, -0.2) is 9.37 Å². The van der Waals surface area contributed by atoms with Crippen LogP contribution in [0.25, 0.3) is 55.8 Å². The van der Waals surface area contributed by atoms with Crippen molar-refractivity contribution in [1.82, 2.24) is 35.1 Å². The fourth-order valence-corrected chi connectivity index (χ4v) is 4.85. The van der Waals surface area contributed by atoms with Crippen LogP contribution in [0.3, 0.4) is 0 Å². The summed E-state index contributed by atoms with van der Waals surface area (Å²) in [4.78, 5) is 33.6. The molecule has 0 spiro atoms. The standard InChI is InChI=1S/C31H21FN8O/c32-24-15-26-23(14-22(24)20-13-21(17-34-16-20)36-27(41)12-18-4-2-1-3-5-18)29(40-39-26)31-37-25-8-11-35-28(30(25)38-31)19-6-9-33-10-7-19/h1-11,13-17H,12H2,(H,36,41)(H,37,38)(H,39,40). The summed E-state index contributed by atoms with van der Waals surface area (Å²) in [5, 5.41) is 10.9. The molecule has 0 unspecified atom stereocenters. The quantitative estimate of drug-likeness (QED) is 0.240. The van der Waals surface area contributed by atoms with Crippen molar-refractivity contribution in [2.75, 3.05) is 5.32 Å². The number of aromatic nitrogens is 7. The molecular weight excluding hydrogens is 519 g/mol. The summed E-state index contributed by atoms with van der Waals surface area (Å²) >= 11 is 0. The van der Waals surface area contributed by atoms with Gasteiger partial charge in [0, 0.05) is 52.9 Å². The zero-order valence-corrected chi connectivity index (χ0v) is 21.5. The minimum Gasteiger partial charge on any atom is -0.336 e. The molecule has 9 nitrogen and oxygen atoms in total. The Morgan fingerprint density at radius 1 is 0.854 bits per heavy atom. The molecule has 0 aliphatic rings. The fourth-order valence-electron chi connectivity index (χ4n) is 4.85. The highest BCUT2D eigenvalue weighted by atomic mass is 19.1. The Morgan fingerprint density at radius 2 is 1.71 bits per heavy atom. The van der Waals surface area contributed by atoms with Crippen LogP contribution in [0.4, 0.5) is 10.1 Å². The number of benzene rings is 2. The summed E-state index contributed by atoms with van der Waals surface area (Å²) in [6, 6.07) is 19.9. The molecule has 3 N–H and O–H groups in total. The van der Waals surface area contributed by atoms with Crippen LogP contribution < -0.4 is 5.32 Å². The number of fused-ring (bicyclic) bond motifs is 2. The second-order valence-electron chi connectivity index (χ2n) is 9.50. The van der Waals surface area contributed by atoms with Gasteiger partial charge in [-0.05, 0) is 35.9 Å². The Hall–Kier alpha value is -5.77. The lowest BCUT2D eigenvalue weighted by Gasteiger charge is -2.08. The zero-order valence-electron chi connectivity index (χ0n) is 21.5. The second-order valence-corrected chi connectivity index (χ2v) is 9.50. The molecule has 0 saturated heterocycles. The van der Waals surface area contributed by atoms with Gasteiger partial charge in [0.25, 0.3) is 0 Å². The minimum atomic E-state index is -0.448. The predicted octanol–water partition coefficient (Wildman–Crippen LogP) is 5.95. The molecule has 0 atom stereocenters. The van der Waals surface area contributed by atoms with Gasteiger partial charge in [-0.15, -0.1) is 0 Å². The number of halogens is 1. The molecule has 7 aromatic rings. The van der Waals surface area contributed by atoms with Crippen molar-refractivity contribution in [2.24, 2.45) is 0 Å². The average Bonchev–Trinajstić information content (AvgIpc) is 3.61. The van der Waals surface area contributed by atoms with E-state index in [1.165, 1.54) is 12.3 Å². The Morgan fingerprint density at radius 3 is 2.56 bits per heavy atom. The van der Waals surface area contributed by atoms with Crippen LogP contribution in [0.5, 0.6) is 0 Å². The molecular formula is C31H21FN8O. The van der Waals surface area contributed by atoms with Crippen molar-refractivity contribution in [3.8, 4) is 33.9 Å². The summed E-state index contributed by atoms with van der Waals surface area (Å²) in [6.45, 7) is 0. The highest BCUT2D eigenvalue weighted by Gasteiger charge is 2.18. The number of imidazole rings is 1. The predicted molar refractivity (Wildman–Crippen MR) is 154 cm³/mol. The van der Waals surface area contributed by atoms with Crippen molar-refractivity contribution in [3.63, 3.8) is 0 Å². The van der Waals surface area contributed by atoms with E-state index in [-0.39, 0.29) is 12.3 Å². The molecule has 0 radical (unpaired) electrons. The highest BCUT2D eigenvalue weighted by Crippen LogP contribution is 2.34. The molecule has 2 aromatic carbocycles. The van der Waals surface area contributed by atoms with Crippen molar-refractivity contribution in [3.05, 3.63) is 109 Å². The average molecular weight is 541 g/mol. The smallest absolute Gasteiger partial charge is 0.228 e. The number of nitrogens with zero attached hydrogens (tertiary/aromatic N) is 5. The molecule has 1 amide bonds. The molecule has 0 bridgehead atoms. The third kappa shape index (κ3) is 4.67. The van der Waals surface area contributed by atoms with Crippen molar-refractivity contribution < 1.29 is 9.18 Å². The molecule has 198 valence electrons. The van der Waals surface area contributed by atoms with Gasteiger partial charge in [0.05, 0.1) is 35.0 Å². The van der Waals surface area contributed by atoms with Crippen LogP contribution in [-0.4, -0.2) is 41.0 Å². The van der Waals surface area contributed by atoms with Crippen LogP contribution in [-0.2, 0) is 11.2 Å². The van der Waals surface area contributed by atoms with E-state index in [9.17, 15) is 4.79 Å². The summed E-state index contributed by atoms with van der Waals surface area (Å²) in [5.74, 6) is -0.114. The van der Waals surface area contributed by atoms with Crippen LogP contribution >= 0.6 is 0 Å². The molecule has 5 aromatic heterocycles. The SMILES string of the molecule is O=C(Cc1ccccc1)Nc1cncc(-c2cc3c(-c4nc5c(-c6ccncc6)nccc5[nH]4)n[nH]c3cc2F)c1. The first-order valence-corrected chi connectivity index (χ1v) is 12.8. The zero-order chi connectivity index (χ0) is 27.8. The molecule has 10 heteroatoms.